The van der Waals surface area contributed by atoms with Gasteiger partial charge in [0.25, 0.3) is 0 Å². The van der Waals surface area contributed by atoms with Crippen LogP contribution in [0.15, 0.2) is 54.6 Å². The van der Waals surface area contributed by atoms with Crippen molar-refractivity contribution in [2.45, 2.75) is 13.5 Å². The van der Waals surface area contributed by atoms with Crippen LogP contribution in [0, 0.1) is 12.7 Å². The van der Waals surface area contributed by atoms with Crippen molar-refractivity contribution in [3.8, 4) is 28.4 Å². The molecule has 0 atom stereocenters. The molecule has 3 aromatic carbocycles. The summed E-state index contributed by atoms with van der Waals surface area (Å²) < 4.78 is 30.0. The van der Waals surface area contributed by atoms with Crippen LogP contribution < -0.4 is 19.5 Å². The third-order valence-corrected chi connectivity index (χ3v) is 5.14. The summed E-state index contributed by atoms with van der Waals surface area (Å²) in [7, 11) is 4.72. The average Bonchev–Trinajstić information content (AvgIpc) is 2.81. The molecule has 164 valence electrons. The van der Waals surface area contributed by atoms with Crippen molar-refractivity contribution in [3.05, 3.63) is 71.8 Å². The zero-order chi connectivity index (χ0) is 22.7. The predicted octanol–water partition coefficient (Wildman–Crippen LogP) is 5.38. The molecule has 0 bridgehead atoms. The topological polar surface area (TPSA) is 65.5 Å². The molecule has 32 heavy (non-hydrogen) atoms. The van der Waals surface area contributed by atoms with Gasteiger partial charge in [-0.15, -0.1) is 0 Å². The van der Waals surface area contributed by atoms with E-state index in [0.29, 0.717) is 35.4 Å². The summed E-state index contributed by atoms with van der Waals surface area (Å²) in [6, 6.07) is 16.3. The molecule has 4 rings (SSSR count). The maximum absolute atomic E-state index is 13.9. The van der Waals surface area contributed by atoms with Crippen LogP contribution in [-0.4, -0.2) is 31.3 Å². The smallest absolute Gasteiger partial charge is 0.162 e. The fraction of sp³-hybridized carbons (Fsp3) is 0.200. The first-order valence-corrected chi connectivity index (χ1v) is 10.1. The highest BCUT2D eigenvalue weighted by atomic mass is 19.1. The molecule has 4 aromatic rings. The first-order chi connectivity index (χ1) is 15.5. The number of ether oxygens (including phenoxy) is 3. The molecule has 6 nitrogen and oxygen atoms in total. The summed E-state index contributed by atoms with van der Waals surface area (Å²) in [6.45, 7) is 2.37. The maximum atomic E-state index is 13.9. The third kappa shape index (κ3) is 4.42. The van der Waals surface area contributed by atoms with E-state index in [0.717, 1.165) is 27.6 Å². The molecule has 0 amide bonds. The molecule has 7 heteroatoms. The Bertz CT molecular complexity index is 1280. The van der Waals surface area contributed by atoms with Gasteiger partial charge >= 0.3 is 0 Å². The molecule has 0 saturated carbocycles. The van der Waals surface area contributed by atoms with Crippen LogP contribution in [0.2, 0.25) is 0 Å². The average molecular weight is 433 g/mol. The van der Waals surface area contributed by atoms with E-state index in [-0.39, 0.29) is 5.82 Å². The minimum absolute atomic E-state index is 0.338. The molecule has 0 aliphatic heterocycles. The normalized spacial score (nSPS) is 10.8. The fourth-order valence-corrected chi connectivity index (χ4v) is 3.60. The summed E-state index contributed by atoms with van der Waals surface area (Å²) >= 11 is 0. The third-order valence-electron chi connectivity index (χ3n) is 5.14. The van der Waals surface area contributed by atoms with Crippen molar-refractivity contribution < 1.29 is 18.6 Å². The molecule has 0 spiro atoms. The van der Waals surface area contributed by atoms with Gasteiger partial charge in [0.15, 0.2) is 11.5 Å². The number of hydrogen-bond donors (Lipinski definition) is 1. The van der Waals surface area contributed by atoms with Gasteiger partial charge in [-0.25, -0.2) is 14.4 Å². The number of fused-ring (bicyclic) bond motifs is 1. The highest BCUT2D eigenvalue weighted by Gasteiger charge is 2.12. The summed E-state index contributed by atoms with van der Waals surface area (Å²) in [4.78, 5) is 9.10. The number of nitrogens with zero attached hydrogens (tertiary/aromatic N) is 2. The molecule has 0 aliphatic rings. The van der Waals surface area contributed by atoms with Crippen LogP contribution in [0.5, 0.6) is 17.2 Å². The zero-order valence-electron chi connectivity index (χ0n) is 18.4. The molecule has 0 unspecified atom stereocenters. The predicted molar refractivity (Wildman–Crippen MR) is 123 cm³/mol. The lowest BCUT2D eigenvalue weighted by molar-refractivity contribution is 0.356. The van der Waals surface area contributed by atoms with Crippen LogP contribution in [0.4, 0.5) is 10.2 Å². The lowest BCUT2D eigenvalue weighted by Gasteiger charge is -2.13. The van der Waals surface area contributed by atoms with Crippen LogP contribution in [-0.2, 0) is 6.54 Å². The van der Waals surface area contributed by atoms with E-state index >= 15 is 0 Å². The zero-order valence-corrected chi connectivity index (χ0v) is 18.4. The highest BCUT2D eigenvalue weighted by Crippen LogP contribution is 2.34. The van der Waals surface area contributed by atoms with Gasteiger partial charge < -0.3 is 19.5 Å². The molecular weight excluding hydrogens is 409 g/mol. The first-order valence-electron chi connectivity index (χ1n) is 10.1. The molecule has 1 aromatic heterocycles. The summed E-state index contributed by atoms with van der Waals surface area (Å²) in [6.07, 6.45) is 0. The van der Waals surface area contributed by atoms with Gasteiger partial charge in [-0.2, -0.15) is 0 Å². The van der Waals surface area contributed by atoms with Gasteiger partial charge in [0.1, 0.15) is 23.2 Å². The molecule has 0 radical (unpaired) electrons. The molecule has 1 heterocycles. The number of benzene rings is 3. The summed E-state index contributed by atoms with van der Waals surface area (Å²) in [5, 5.41) is 4.23. The van der Waals surface area contributed by atoms with Crippen LogP contribution in [0.3, 0.4) is 0 Å². The second-order valence-electron chi connectivity index (χ2n) is 7.28. The number of halogens is 1. The van der Waals surface area contributed by atoms with Crippen molar-refractivity contribution in [1.29, 1.82) is 0 Å². The SMILES string of the molecule is COc1cc(F)cc(-c2cccc(CNc3nc(C)nc4cc(OC)c(OC)cc34)c2)c1. The van der Waals surface area contributed by atoms with Gasteiger partial charge in [-0.1, -0.05) is 18.2 Å². The van der Waals surface area contributed by atoms with E-state index in [1.165, 1.54) is 19.2 Å². The minimum Gasteiger partial charge on any atom is -0.497 e. The van der Waals surface area contributed by atoms with Gasteiger partial charge in [0.2, 0.25) is 0 Å². The number of rotatable bonds is 7. The molecule has 0 saturated heterocycles. The van der Waals surface area contributed by atoms with Crippen LogP contribution in [0.25, 0.3) is 22.0 Å². The van der Waals surface area contributed by atoms with E-state index < -0.39 is 0 Å². The number of nitrogens with one attached hydrogen (secondary N) is 1. The van der Waals surface area contributed by atoms with Crippen molar-refractivity contribution in [1.82, 2.24) is 9.97 Å². The Kier molecular flexibility index (Phi) is 6.07. The van der Waals surface area contributed by atoms with Crippen LogP contribution in [0.1, 0.15) is 11.4 Å². The molecular formula is C25H24FN3O3. The van der Waals surface area contributed by atoms with Gasteiger partial charge in [0, 0.05) is 24.1 Å². The maximum Gasteiger partial charge on any atom is 0.162 e. The number of aromatic nitrogens is 2. The van der Waals surface area contributed by atoms with E-state index in [9.17, 15) is 4.39 Å². The number of hydrogen-bond acceptors (Lipinski definition) is 6. The first kappa shape index (κ1) is 21.4. The van der Waals surface area contributed by atoms with Crippen molar-refractivity contribution in [2.75, 3.05) is 26.6 Å². The van der Waals surface area contributed by atoms with E-state index in [1.807, 2.05) is 49.4 Å². The van der Waals surface area contributed by atoms with Crippen LogP contribution >= 0.6 is 0 Å². The fourth-order valence-electron chi connectivity index (χ4n) is 3.60. The number of anilines is 1. The number of aryl methyl sites for hydroxylation is 1. The van der Waals surface area contributed by atoms with Gasteiger partial charge in [0.05, 0.1) is 26.8 Å². The summed E-state index contributed by atoms with van der Waals surface area (Å²) in [5.41, 5.74) is 3.44. The van der Waals surface area contributed by atoms with Crippen molar-refractivity contribution in [2.24, 2.45) is 0 Å². The standard InChI is InChI=1S/C25H24FN3O3/c1-15-28-22-13-24(32-4)23(31-3)12-21(22)25(29-15)27-14-16-6-5-7-17(8-16)18-9-19(26)11-20(10-18)30-2/h5-13H,14H2,1-4H3,(H,27,28,29). The Balaban J connectivity index is 1.64. The minimum atomic E-state index is -0.338. The lowest BCUT2D eigenvalue weighted by atomic mass is 10.0. The second kappa shape index (κ2) is 9.09. The van der Waals surface area contributed by atoms with Crippen molar-refractivity contribution >= 4 is 16.7 Å². The Morgan fingerprint density at radius 1 is 0.844 bits per heavy atom. The number of methoxy groups -OCH3 is 3. The monoisotopic (exact) mass is 433 g/mol. The lowest BCUT2D eigenvalue weighted by Crippen LogP contribution is -2.05. The second-order valence-corrected chi connectivity index (χ2v) is 7.28. The Morgan fingerprint density at radius 2 is 1.62 bits per heavy atom. The summed E-state index contributed by atoms with van der Waals surface area (Å²) in [5.74, 6) is 2.71. The van der Waals surface area contributed by atoms with E-state index in [1.54, 1.807) is 14.2 Å². The Labute approximate surface area is 186 Å². The van der Waals surface area contributed by atoms with Gasteiger partial charge in [-0.3, -0.25) is 0 Å². The Morgan fingerprint density at radius 3 is 2.38 bits per heavy atom. The van der Waals surface area contributed by atoms with E-state index in [2.05, 4.69) is 15.3 Å². The van der Waals surface area contributed by atoms with E-state index in [4.69, 9.17) is 14.2 Å². The molecule has 0 aliphatic carbocycles. The molecule has 1 N–H and O–H groups in total. The van der Waals surface area contributed by atoms with Gasteiger partial charge in [-0.05, 0) is 47.9 Å². The largest absolute Gasteiger partial charge is 0.497 e. The highest BCUT2D eigenvalue weighted by molar-refractivity contribution is 5.91. The Hall–Kier alpha value is -3.87. The molecule has 0 fully saturated rings. The van der Waals surface area contributed by atoms with Crippen molar-refractivity contribution in [3.63, 3.8) is 0 Å². The quantitative estimate of drug-likeness (QED) is 0.422.